The van der Waals surface area contributed by atoms with Gasteiger partial charge < -0.3 is 30.5 Å². The van der Waals surface area contributed by atoms with Gasteiger partial charge in [0.25, 0.3) is 0 Å². The number of carbonyl (C=O) groups excluding carboxylic acids is 1. The lowest BCUT2D eigenvalue weighted by atomic mass is 9.99. The minimum Gasteiger partial charge on any atom is -0.492 e. The number of aromatic carboxylic acids is 1. The van der Waals surface area contributed by atoms with Gasteiger partial charge in [0, 0.05) is 25.0 Å². The molecule has 30 heavy (non-hydrogen) atoms. The van der Waals surface area contributed by atoms with Gasteiger partial charge in [-0.3, -0.25) is 4.79 Å². The molecule has 1 saturated heterocycles. The summed E-state index contributed by atoms with van der Waals surface area (Å²) in [5.41, 5.74) is 5.79. The summed E-state index contributed by atoms with van der Waals surface area (Å²) in [5, 5.41) is 12.7. The van der Waals surface area contributed by atoms with E-state index in [1.165, 1.54) is 7.11 Å². The fraction of sp³-hybridized carbons (Fsp3) is 0.619. The van der Waals surface area contributed by atoms with Crippen molar-refractivity contribution < 1.29 is 28.6 Å². The highest BCUT2D eigenvalue weighted by molar-refractivity contribution is 5.98. The molecule has 3 rings (SSSR count). The van der Waals surface area contributed by atoms with Crippen LogP contribution in [-0.2, 0) is 9.53 Å². The van der Waals surface area contributed by atoms with Crippen molar-refractivity contribution in [3.63, 3.8) is 0 Å². The highest BCUT2D eigenvalue weighted by Crippen LogP contribution is 2.44. The Hall–Kier alpha value is -2.55. The van der Waals surface area contributed by atoms with E-state index >= 15 is 4.39 Å². The molecule has 1 aliphatic carbocycles. The predicted octanol–water partition coefficient (Wildman–Crippen LogP) is 2.60. The molecule has 0 spiro atoms. The molecular formula is C21H30FN3O5. The number of carboxylic acid groups (broad SMARTS) is 1. The first-order valence-corrected chi connectivity index (χ1v) is 10.2. The lowest BCUT2D eigenvalue weighted by Gasteiger charge is -2.27. The number of nitrogens with one attached hydrogen (secondary N) is 1. The van der Waals surface area contributed by atoms with Gasteiger partial charge in [0.05, 0.1) is 18.4 Å². The highest BCUT2D eigenvalue weighted by Gasteiger charge is 2.37. The van der Waals surface area contributed by atoms with E-state index in [2.05, 4.69) is 5.32 Å². The zero-order chi connectivity index (χ0) is 22.2. The van der Waals surface area contributed by atoms with Gasteiger partial charge in [0.2, 0.25) is 0 Å². The molecule has 2 unspecified atom stereocenters. The number of esters is 1. The van der Waals surface area contributed by atoms with Crippen LogP contribution in [0.1, 0.15) is 50.4 Å². The number of rotatable bonds is 7. The molecule has 8 nitrogen and oxygen atoms in total. The van der Waals surface area contributed by atoms with E-state index in [1.807, 2.05) is 0 Å². The summed E-state index contributed by atoms with van der Waals surface area (Å²) in [5.74, 6) is -2.46. The molecule has 1 saturated carbocycles. The maximum Gasteiger partial charge on any atom is 0.338 e. The molecule has 2 atom stereocenters. The van der Waals surface area contributed by atoms with Gasteiger partial charge >= 0.3 is 11.9 Å². The zero-order valence-corrected chi connectivity index (χ0v) is 17.8. The Kier molecular flexibility index (Phi) is 6.12. The summed E-state index contributed by atoms with van der Waals surface area (Å²) >= 11 is 0. The Morgan fingerprint density at radius 1 is 1.33 bits per heavy atom. The largest absolute Gasteiger partial charge is 0.492 e. The van der Waals surface area contributed by atoms with Crippen LogP contribution < -0.4 is 20.7 Å². The molecule has 0 aromatic heterocycles. The monoisotopic (exact) mass is 423 g/mol. The van der Waals surface area contributed by atoms with Crippen molar-refractivity contribution in [1.29, 1.82) is 0 Å². The molecular weight excluding hydrogens is 393 g/mol. The van der Waals surface area contributed by atoms with Gasteiger partial charge in [-0.25, -0.2) is 9.18 Å². The van der Waals surface area contributed by atoms with Crippen molar-refractivity contribution in [3.8, 4) is 5.75 Å². The van der Waals surface area contributed by atoms with Crippen LogP contribution in [0.25, 0.3) is 0 Å². The lowest BCUT2D eigenvalue weighted by molar-refractivity contribution is -0.157. The molecule has 1 heterocycles. The Balaban J connectivity index is 1.87. The third-order valence-electron chi connectivity index (χ3n) is 5.30. The fourth-order valence-electron chi connectivity index (χ4n) is 3.70. The molecule has 166 valence electrons. The minimum absolute atomic E-state index is 0.155. The summed E-state index contributed by atoms with van der Waals surface area (Å²) < 4.78 is 25.9. The van der Waals surface area contributed by atoms with Crippen molar-refractivity contribution in [3.05, 3.63) is 17.4 Å². The Labute approximate surface area is 175 Å². The van der Waals surface area contributed by atoms with Gasteiger partial charge in [-0.2, -0.15) is 0 Å². The number of hydrogen-bond acceptors (Lipinski definition) is 7. The second-order valence-electron chi connectivity index (χ2n) is 8.94. The average Bonchev–Trinajstić information content (AvgIpc) is 3.33. The number of halogens is 1. The van der Waals surface area contributed by atoms with Crippen LogP contribution in [-0.4, -0.2) is 54.9 Å². The lowest BCUT2D eigenvalue weighted by Crippen LogP contribution is -2.43. The molecule has 1 aliphatic heterocycles. The first-order chi connectivity index (χ1) is 14.0. The third-order valence-corrected chi connectivity index (χ3v) is 5.30. The summed E-state index contributed by atoms with van der Waals surface area (Å²) in [4.78, 5) is 25.8. The normalized spacial score (nSPS) is 20.1. The number of methoxy groups -OCH3 is 1. The second kappa shape index (κ2) is 8.29. The molecule has 2 aliphatic rings. The Morgan fingerprint density at radius 2 is 2.00 bits per heavy atom. The van der Waals surface area contributed by atoms with E-state index in [9.17, 15) is 14.7 Å². The van der Waals surface area contributed by atoms with Crippen molar-refractivity contribution in [1.82, 2.24) is 0 Å². The summed E-state index contributed by atoms with van der Waals surface area (Å²) in [6, 6.07) is 0.347. The van der Waals surface area contributed by atoms with E-state index in [-0.39, 0.29) is 34.6 Å². The number of ether oxygens (including phenoxy) is 2. The average molecular weight is 423 g/mol. The van der Waals surface area contributed by atoms with E-state index in [1.54, 1.807) is 25.7 Å². The third kappa shape index (κ3) is 4.77. The van der Waals surface area contributed by atoms with Crippen molar-refractivity contribution in [2.75, 3.05) is 30.4 Å². The first-order valence-electron chi connectivity index (χ1n) is 10.2. The number of nitrogens with zero attached hydrogens (tertiary/aromatic N) is 1. The highest BCUT2D eigenvalue weighted by atomic mass is 19.1. The van der Waals surface area contributed by atoms with Crippen LogP contribution in [0.5, 0.6) is 5.75 Å². The summed E-state index contributed by atoms with van der Waals surface area (Å²) in [6.45, 7) is 6.12. The molecule has 1 aromatic carbocycles. The van der Waals surface area contributed by atoms with Crippen LogP contribution in [0.3, 0.4) is 0 Å². The number of carboxylic acids is 1. The van der Waals surface area contributed by atoms with Crippen LogP contribution in [0.4, 0.5) is 15.8 Å². The van der Waals surface area contributed by atoms with Crippen LogP contribution in [0, 0.1) is 11.7 Å². The predicted molar refractivity (Wildman–Crippen MR) is 111 cm³/mol. The van der Waals surface area contributed by atoms with Crippen molar-refractivity contribution in [2.45, 2.75) is 57.7 Å². The van der Waals surface area contributed by atoms with Gasteiger partial charge in [0.1, 0.15) is 17.3 Å². The van der Waals surface area contributed by atoms with Gasteiger partial charge in [0.15, 0.2) is 11.6 Å². The van der Waals surface area contributed by atoms with Gasteiger partial charge in [-0.1, -0.05) is 0 Å². The first kappa shape index (κ1) is 22.1. The quantitative estimate of drug-likeness (QED) is 0.574. The smallest absolute Gasteiger partial charge is 0.338 e. The molecule has 2 fully saturated rings. The molecule has 4 N–H and O–H groups in total. The SMILES string of the molecule is COc1c(NC2CC2)c(C(=O)O)cc(F)c1N1CCC(C(N)C(=O)OC(C)(C)C)C1. The number of carbonyl (C=O) groups is 2. The Morgan fingerprint density at radius 3 is 2.53 bits per heavy atom. The van der Waals surface area contributed by atoms with E-state index < -0.39 is 29.4 Å². The second-order valence-corrected chi connectivity index (χ2v) is 8.94. The van der Waals surface area contributed by atoms with E-state index in [0.29, 0.717) is 19.5 Å². The molecule has 9 heteroatoms. The molecule has 0 radical (unpaired) electrons. The fourth-order valence-corrected chi connectivity index (χ4v) is 3.70. The molecule has 0 bridgehead atoms. The standard InChI is InChI=1S/C21H30FN3O5/c1-21(2,3)30-20(28)15(23)11-7-8-25(10-11)17-14(22)9-13(19(26)27)16(18(17)29-4)24-12-5-6-12/h9,11-12,15,24H,5-8,10,23H2,1-4H3,(H,26,27). The summed E-state index contributed by atoms with van der Waals surface area (Å²) in [6.07, 6.45) is 2.42. The van der Waals surface area contributed by atoms with Crippen LogP contribution >= 0.6 is 0 Å². The van der Waals surface area contributed by atoms with Crippen molar-refractivity contribution in [2.24, 2.45) is 11.7 Å². The van der Waals surface area contributed by atoms with Gasteiger partial charge in [-0.05, 0) is 46.1 Å². The topological polar surface area (TPSA) is 114 Å². The van der Waals surface area contributed by atoms with Gasteiger partial charge in [-0.15, -0.1) is 0 Å². The van der Waals surface area contributed by atoms with E-state index in [0.717, 1.165) is 18.9 Å². The maximum atomic E-state index is 15.0. The zero-order valence-electron chi connectivity index (χ0n) is 17.8. The number of benzene rings is 1. The maximum absolute atomic E-state index is 15.0. The van der Waals surface area contributed by atoms with Crippen LogP contribution in [0.2, 0.25) is 0 Å². The molecule has 1 aromatic rings. The summed E-state index contributed by atoms with van der Waals surface area (Å²) in [7, 11) is 1.39. The number of hydrogen-bond donors (Lipinski definition) is 3. The minimum atomic E-state index is -1.23. The molecule has 0 amide bonds. The van der Waals surface area contributed by atoms with E-state index in [4.69, 9.17) is 15.2 Å². The van der Waals surface area contributed by atoms with Crippen LogP contribution in [0.15, 0.2) is 6.07 Å². The Bertz CT molecular complexity index is 835. The number of nitrogens with two attached hydrogens (primary N) is 1. The van der Waals surface area contributed by atoms with Crippen molar-refractivity contribution >= 4 is 23.3 Å². The number of anilines is 2.